The maximum absolute atomic E-state index is 13.2. The summed E-state index contributed by atoms with van der Waals surface area (Å²) in [6.07, 6.45) is 2.41. The van der Waals surface area contributed by atoms with Gasteiger partial charge in [-0.2, -0.15) is 0 Å². The molecule has 0 aromatic carbocycles. The van der Waals surface area contributed by atoms with E-state index < -0.39 is 41.4 Å². The Morgan fingerprint density at radius 1 is 1.13 bits per heavy atom. The van der Waals surface area contributed by atoms with E-state index in [0.717, 1.165) is 25.3 Å². The Balaban J connectivity index is 1.73. The molecule has 0 radical (unpaired) electrons. The van der Waals surface area contributed by atoms with Crippen molar-refractivity contribution in [2.24, 2.45) is 23.7 Å². The van der Waals surface area contributed by atoms with Gasteiger partial charge in [0.1, 0.15) is 5.60 Å². The van der Waals surface area contributed by atoms with E-state index >= 15 is 0 Å². The van der Waals surface area contributed by atoms with Gasteiger partial charge in [-0.25, -0.2) is 4.79 Å². The Morgan fingerprint density at radius 2 is 1.73 bits per heavy atom. The molecule has 0 aromatic heterocycles. The third-order valence-electron chi connectivity index (χ3n) is 6.62. The number of halogens is 3. The van der Waals surface area contributed by atoms with Crippen LogP contribution in [0.15, 0.2) is 0 Å². The fraction of sp³-hybridized carbons (Fsp3) is 0.850. The number of carbonyl (C=O) groups is 3. The summed E-state index contributed by atoms with van der Waals surface area (Å²) < 4.78 is 14.1. The largest absolute Gasteiger partial charge is 0.463 e. The summed E-state index contributed by atoms with van der Waals surface area (Å²) in [7, 11) is -1.43. The van der Waals surface area contributed by atoms with Crippen LogP contribution in [0.2, 0.25) is 25.7 Å². The summed E-state index contributed by atoms with van der Waals surface area (Å²) in [5.41, 5.74) is -0.895. The van der Waals surface area contributed by atoms with Crippen LogP contribution in [0.1, 0.15) is 32.1 Å². The highest BCUT2D eigenvalue weighted by Gasteiger charge is 2.62. The second-order valence-corrected chi connectivity index (χ2v) is 18.2. The number of alkyl halides is 3. The summed E-state index contributed by atoms with van der Waals surface area (Å²) in [5.74, 6) is -1.32. The van der Waals surface area contributed by atoms with Crippen molar-refractivity contribution in [2.45, 2.75) is 73.3 Å². The molecule has 170 valence electrons. The Hall–Kier alpha value is -0.503. The van der Waals surface area contributed by atoms with Crippen molar-refractivity contribution in [3.05, 3.63) is 0 Å². The molecule has 4 bridgehead atoms. The van der Waals surface area contributed by atoms with E-state index in [1.807, 2.05) is 0 Å². The van der Waals surface area contributed by atoms with E-state index in [1.165, 1.54) is 0 Å². The SMILES string of the molecule is C[Si](C)(C)CCOC(=O)C(OC(=O)C1C2CC3CC(C2)CC1(OC=O)C3)C(Cl)(Cl)Cl. The van der Waals surface area contributed by atoms with Crippen LogP contribution in [-0.4, -0.2) is 48.6 Å². The van der Waals surface area contributed by atoms with Crippen LogP contribution in [0.5, 0.6) is 0 Å². The molecule has 0 saturated heterocycles. The van der Waals surface area contributed by atoms with Crippen molar-refractivity contribution in [2.75, 3.05) is 6.61 Å². The van der Waals surface area contributed by atoms with Crippen LogP contribution in [-0.2, 0) is 28.6 Å². The fourth-order valence-corrected chi connectivity index (χ4v) is 6.73. The van der Waals surface area contributed by atoms with Crippen LogP contribution in [0.25, 0.3) is 0 Å². The van der Waals surface area contributed by atoms with Crippen LogP contribution >= 0.6 is 34.8 Å². The molecule has 4 aliphatic carbocycles. The van der Waals surface area contributed by atoms with Gasteiger partial charge in [0, 0.05) is 8.07 Å². The van der Waals surface area contributed by atoms with E-state index in [2.05, 4.69) is 19.6 Å². The number of hydrogen-bond donors (Lipinski definition) is 0. The highest BCUT2D eigenvalue weighted by molar-refractivity contribution is 6.76. The molecule has 0 N–H and O–H groups in total. The molecule has 30 heavy (non-hydrogen) atoms. The molecule has 4 saturated carbocycles. The minimum Gasteiger partial charge on any atom is -0.463 e. The third-order valence-corrected chi connectivity index (χ3v) is 8.92. The van der Waals surface area contributed by atoms with Crippen LogP contribution < -0.4 is 0 Å². The molecule has 4 atom stereocenters. The van der Waals surface area contributed by atoms with E-state index in [1.54, 1.807) is 0 Å². The molecule has 4 fully saturated rings. The molecule has 0 amide bonds. The number of esters is 2. The van der Waals surface area contributed by atoms with Crippen molar-refractivity contribution in [1.82, 2.24) is 0 Å². The number of hydrogen-bond acceptors (Lipinski definition) is 6. The first-order chi connectivity index (χ1) is 13.8. The van der Waals surface area contributed by atoms with Crippen LogP contribution in [0.4, 0.5) is 0 Å². The Labute approximate surface area is 193 Å². The van der Waals surface area contributed by atoms with Gasteiger partial charge in [0.2, 0.25) is 9.90 Å². The molecule has 0 aromatic rings. The predicted octanol–water partition coefficient (Wildman–Crippen LogP) is 4.52. The lowest BCUT2D eigenvalue weighted by atomic mass is 9.49. The van der Waals surface area contributed by atoms with Crippen molar-refractivity contribution < 1.29 is 28.6 Å². The van der Waals surface area contributed by atoms with Crippen molar-refractivity contribution >= 4 is 61.3 Å². The average Bonchev–Trinajstić information content (AvgIpc) is 2.56. The maximum Gasteiger partial charge on any atom is 0.352 e. The van der Waals surface area contributed by atoms with Gasteiger partial charge in [-0.05, 0) is 55.9 Å². The zero-order valence-electron chi connectivity index (χ0n) is 17.5. The van der Waals surface area contributed by atoms with Gasteiger partial charge in [-0.15, -0.1) is 0 Å². The summed E-state index contributed by atoms with van der Waals surface area (Å²) in [5, 5.41) is 0. The topological polar surface area (TPSA) is 78.9 Å². The number of carbonyl (C=O) groups excluding carboxylic acids is 3. The second kappa shape index (κ2) is 8.79. The van der Waals surface area contributed by atoms with Gasteiger partial charge in [-0.1, -0.05) is 54.4 Å². The standard InChI is InChI=1S/C20H29Cl3O6Si/c1-30(2,3)5-4-27-18(26)16(20(21,22)23)29-17(25)15-14-7-12-6-13(8-14)10-19(15,9-12)28-11-24/h11-16H,4-10H2,1-3H3. The molecule has 6 nitrogen and oxygen atoms in total. The van der Waals surface area contributed by atoms with Crippen molar-refractivity contribution in [3.8, 4) is 0 Å². The van der Waals surface area contributed by atoms with E-state index in [0.29, 0.717) is 31.1 Å². The summed E-state index contributed by atoms with van der Waals surface area (Å²) in [4.78, 5) is 37.0. The lowest BCUT2D eigenvalue weighted by Crippen LogP contribution is -2.61. The summed E-state index contributed by atoms with van der Waals surface area (Å²) in [6, 6.07) is 0.739. The monoisotopic (exact) mass is 498 g/mol. The van der Waals surface area contributed by atoms with Gasteiger partial charge in [0.25, 0.3) is 6.47 Å². The maximum atomic E-state index is 13.2. The van der Waals surface area contributed by atoms with Gasteiger partial charge in [-0.3, -0.25) is 9.59 Å². The first-order valence-electron chi connectivity index (χ1n) is 10.4. The van der Waals surface area contributed by atoms with Gasteiger partial charge < -0.3 is 14.2 Å². The number of ether oxygens (including phenoxy) is 3. The first-order valence-corrected chi connectivity index (χ1v) is 15.2. The Morgan fingerprint density at radius 3 is 2.23 bits per heavy atom. The molecule has 0 spiro atoms. The highest BCUT2D eigenvalue weighted by Crippen LogP contribution is 2.60. The second-order valence-electron chi connectivity index (χ2n) is 10.2. The number of rotatable bonds is 8. The summed E-state index contributed by atoms with van der Waals surface area (Å²) >= 11 is 17.9. The van der Waals surface area contributed by atoms with Gasteiger partial charge in [0.15, 0.2) is 0 Å². The molecular weight excluding hydrogens is 471 g/mol. The van der Waals surface area contributed by atoms with Crippen LogP contribution in [0.3, 0.4) is 0 Å². The van der Waals surface area contributed by atoms with E-state index in [4.69, 9.17) is 49.0 Å². The zero-order chi connectivity index (χ0) is 22.3. The fourth-order valence-electron chi connectivity index (χ4n) is 5.61. The van der Waals surface area contributed by atoms with Crippen molar-refractivity contribution in [1.29, 1.82) is 0 Å². The average molecular weight is 500 g/mol. The predicted molar refractivity (Wildman–Crippen MR) is 116 cm³/mol. The zero-order valence-corrected chi connectivity index (χ0v) is 20.8. The lowest BCUT2D eigenvalue weighted by molar-refractivity contribution is -0.213. The normalized spacial score (nSPS) is 33.7. The van der Waals surface area contributed by atoms with E-state index in [-0.39, 0.29) is 12.5 Å². The van der Waals surface area contributed by atoms with Gasteiger partial charge >= 0.3 is 11.9 Å². The molecule has 0 heterocycles. The molecule has 4 rings (SSSR count). The quantitative estimate of drug-likeness (QED) is 0.161. The third kappa shape index (κ3) is 5.27. The minimum absolute atomic E-state index is 0.0302. The van der Waals surface area contributed by atoms with Crippen molar-refractivity contribution in [3.63, 3.8) is 0 Å². The van der Waals surface area contributed by atoms with Gasteiger partial charge in [0.05, 0.1) is 12.5 Å². The highest BCUT2D eigenvalue weighted by atomic mass is 35.6. The van der Waals surface area contributed by atoms with Crippen LogP contribution in [0, 0.1) is 23.7 Å². The molecule has 0 aliphatic heterocycles. The molecular formula is C20H29Cl3O6Si. The Bertz CT molecular complexity index is 675. The smallest absolute Gasteiger partial charge is 0.352 e. The Kier molecular flexibility index (Phi) is 7.08. The summed E-state index contributed by atoms with van der Waals surface area (Å²) in [6.45, 7) is 7.02. The minimum atomic E-state index is -2.17. The first kappa shape index (κ1) is 24.1. The van der Waals surface area contributed by atoms with E-state index in [9.17, 15) is 14.4 Å². The molecule has 10 heteroatoms. The molecule has 4 unspecified atom stereocenters. The lowest BCUT2D eigenvalue weighted by Gasteiger charge is -2.58. The molecule has 4 aliphatic rings.